The zero-order valence-corrected chi connectivity index (χ0v) is 16.7. The Balaban J connectivity index is 1.61. The van der Waals surface area contributed by atoms with Crippen molar-refractivity contribution in [3.63, 3.8) is 0 Å². The molecular formula is C25H21N3O2. The number of carbonyl (C=O) groups is 1. The number of rotatable bonds is 3. The molecule has 0 radical (unpaired) electrons. The van der Waals surface area contributed by atoms with E-state index in [1.807, 2.05) is 72.8 Å². The van der Waals surface area contributed by atoms with E-state index < -0.39 is 6.09 Å². The summed E-state index contributed by atoms with van der Waals surface area (Å²) >= 11 is 0. The van der Waals surface area contributed by atoms with Gasteiger partial charge in [-0.25, -0.2) is 4.79 Å². The molecule has 0 spiro atoms. The van der Waals surface area contributed by atoms with Gasteiger partial charge in [0, 0.05) is 12.7 Å². The molecule has 0 aliphatic heterocycles. The molecule has 0 saturated heterocycles. The summed E-state index contributed by atoms with van der Waals surface area (Å²) in [5.41, 5.74) is 5.78. The van der Waals surface area contributed by atoms with Crippen LogP contribution in [-0.2, 0) is 12.8 Å². The average Bonchev–Trinajstić information content (AvgIpc) is 3.18. The van der Waals surface area contributed by atoms with E-state index in [-0.39, 0.29) is 0 Å². The molecule has 0 bridgehead atoms. The van der Waals surface area contributed by atoms with Crippen LogP contribution in [0, 0.1) is 0 Å². The second kappa shape index (κ2) is 7.52. The number of benzene rings is 3. The predicted octanol–water partition coefficient (Wildman–Crippen LogP) is 5.27. The van der Waals surface area contributed by atoms with Gasteiger partial charge < -0.3 is 4.74 Å². The lowest BCUT2D eigenvalue weighted by Gasteiger charge is -2.19. The molecule has 0 saturated carbocycles. The van der Waals surface area contributed by atoms with Gasteiger partial charge in [-0.15, -0.1) is 0 Å². The molecule has 5 rings (SSSR count). The van der Waals surface area contributed by atoms with Crippen LogP contribution in [0.4, 0.5) is 10.5 Å². The van der Waals surface area contributed by atoms with Crippen LogP contribution in [0.25, 0.3) is 16.8 Å². The summed E-state index contributed by atoms with van der Waals surface area (Å²) in [6.07, 6.45) is 1.28. The van der Waals surface area contributed by atoms with Crippen molar-refractivity contribution in [2.45, 2.75) is 12.8 Å². The molecular weight excluding hydrogens is 374 g/mol. The Morgan fingerprint density at radius 3 is 2.33 bits per heavy atom. The van der Waals surface area contributed by atoms with Gasteiger partial charge in [-0.1, -0.05) is 60.7 Å². The van der Waals surface area contributed by atoms with Crippen LogP contribution in [0.3, 0.4) is 0 Å². The number of nitrogens with zero attached hydrogens (tertiary/aromatic N) is 3. The Morgan fingerprint density at radius 2 is 1.57 bits per heavy atom. The summed E-state index contributed by atoms with van der Waals surface area (Å²) in [7, 11) is 1.71. The zero-order chi connectivity index (χ0) is 20.5. The second-order valence-electron chi connectivity index (χ2n) is 7.29. The number of carbonyl (C=O) groups excluding carboxylic acids is 1. The molecule has 0 unspecified atom stereocenters. The first-order valence-corrected chi connectivity index (χ1v) is 9.98. The van der Waals surface area contributed by atoms with E-state index in [1.54, 1.807) is 11.7 Å². The SMILES string of the molecule is CN(C(=O)Oc1c2c(nn1-c1ccccc1)CCc1ccccc1-2)c1ccccc1. The molecule has 4 aromatic rings. The van der Waals surface area contributed by atoms with Crippen molar-refractivity contribution in [2.75, 3.05) is 11.9 Å². The highest BCUT2D eigenvalue weighted by Crippen LogP contribution is 2.41. The maximum atomic E-state index is 13.1. The maximum absolute atomic E-state index is 13.1. The van der Waals surface area contributed by atoms with Crippen LogP contribution in [0.1, 0.15) is 11.3 Å². The number of para-hydroxylation sites is 2. The smallest absolute Gasteiger partial charge is 0.390 e. The molecule has 0 fully saturated rings. The van der Waals surface area contributed by atoms with Crippen molar-refractivity contribution in [1.82, 2.24) is 9.78 Å². The van der Waals surface area contributed by atoms with Crippen LogP contribution >= 0.6 is 0 Å². The summed E-state index contributed by atoms with van der Waals surface area (Å²) in [5.74, 6) is 0.455. The van der Waals surface area contributed by atoms with Crippen LogP contribution in [0.5, 0.6) is 5.88 Å². The fraction of sp³-hybridized carbons (Fsp3) is 0.120. The molecule has 5 heteroatoms. The highest BCUT2D eigenvalue weighted by Gasteiger charge is 2.29. The predicted molar refractivity (Wildman–Crippen MR) is 117 cm³/mol. The summed E-state index contributed by atoms with van der Waals surface area (Å²) in [6.45, 7) is 0. The van der Waals surface area contributed by atoms with Gasteiger partial charge in [0.2, 0.25) is 5.88 Å². The van der Waals surface area contributed by atoms with Crippen molar-refractivity contribution >= 4 is 11.8 Å². The number of fused-ring (bicyclic) bond motifs is 3. The molecule has 0 N–H and O–H groups in total. The number of anilines is 1. The largest absolute Gasteiger partial charge is 0.420 e. The number of ether oxygens (including phenoxy) is 1. The minimum Gasteiger partial charge on any atom is -0.390 e. The topological polar surface area (TPSA) is 47.4 Å². The van der Waals surface area contributed by atoms with Gasteiger partial charge in [-0.05, 0) is 48.2 Å². The third-order valence-electron chi connectivity index (χ3n) is 5.44. The summed E-state index contributed by atoms with van der Waals surface area (Å²) < 4.78 is 7.74. The molecule has 148 valence electrons. The molecule has 1 aliphatic rings. The zero-order valence-electron chi connectivity index (χ0n) is 16.7. The fourth-order valence-electron chi connectivity index (χ4n) is 3.87. The van der Waals surface area contributed by atoms with E-state index >= 15 is 0 Å². The molecule has 5 nitrogen and oxygen atoms in total. The highest BCUT2D eigenvalue weighted by molar-refractivity contribution is 5.90. The third-order valence-corrected chi connectivity index (χ3v) is 5.44. The van der Waals surface area contributed by atoms with Gasteiger partial charge in [0.1, 0.15) is 0 Å². The van der Waals surface area contributed by atoms with Crippen LogP contribution in [0.2, 0.25) is 0 Å². The number of aromatic nitrogens is 2. The second-order valence-corrected chi connectivity index (χ2v) is 7.29. The average molecular weight is 395 g/mol. The number of hydrogen-bond acceptors (Lipinski definition) is 3. The van der Waals surface area contributed by atoms with Crippen molar-refractivity contribution in [3.05, 3.63) is 96.2 Å². The van der Waals surface area contributed by atoms with E-state index in [0.717, 1.165) is 41.0 Å². The van der Waals surface area contributed by atoms with Crippen molar-refractivity contribution < 1.29 is 9.53 Å². The van der Waals surface area contributed by atoms with Gasteiger partial charge in [0.25, 0.3) is 0 Å². The van der Waals surface area contributed by atoms with E-state index in [1.165, 1.54) is 10.5 Å². The molecule has 1 heterocycles. The molecule has 0 atom stereocenters. The lowest BCUT2D eigenvalue weighted by Crippen LogP contribution is -2.30. The number of amides is 1. The van der Waals surface area contributed by atoms with E-state index in [9.17, 15) is 4.79 Å². The van der Waals surface area contributed by atoms with E-state index in [0.29, 0.717) is 5.88 Å². The molecule has 1 aromatic heterocycles. The first kappa shape index (κ1) is 18.2. The Morgan fingerprint density at radius 1 is 0.900 bits per heavy atom. The van der Waals surface area contributed by atoms with Crippen LogP contribution < -0.4 is 9.64 Å². The Hall–Kier alpha value is -3.86. The fourth-order valence-corrected chi connectivity index (χ4v) is 3.87. The standard InChI is InChI=1S/C25H21N3O2/c1-27(19-11-4-2-5-12-19)25(29)30-24-23-21-15-9-8-10-18(21)16-17-22(23)26-28(24)20-13-6-3-7-14-20/h2-15H,16-17H2,1H3. The van der Waals surface area contributed by atoms with E-state index in [4.69, 9.17) is 9.84 Å². The lowest BCUT2D eigenvalue weighted by atomic mass is 9.90. The monoisotopic (exact) mass is 395 g/mol. The van der Waals surface area contributed by atoms with Gasteiger partial charge in [-0.3, -0.25) is 4.90 Å². The van der Waals surface area contributed by atoms with Crippen LogP contribution in [-0.4, -0.2) is 22.9 Å². The van der Waals surface area contributed by atoms with E-state index in [2.05, 4.69) is 12.1 Å². The Kier molecular flexibility index (Phi) is 4.56. The van der Waals surface area contributed by atoms with Gasteiger partial charge >= 0.3 is 6.09 Å². The minimum atomic E-state index is -0.455. The van der Waals surface area contributed by atoms with Gasteiger partial charge in [-0.2, -0.15) is 9.78 Å². The first-order valence-electron chi connectivity index (χ1n) is 9.98. The normalized spacial score (nSPS) is 12.0. The Labute approximate surface area is 175 Å². The Bertz CT molecular complexity index is 1200. The highest BCUT2D eigenvalue weighted by atomic mass is 16.6. The number of aryl methyl sites for hydroxylation is 2. The summed E-state index contributed by atoms with van der Waals surface area (Å²) in [5, 5.41) is 4.83. The minimum absolute atomic E-state index is 0.455. The summed E-state index contributed by atoms with van der Waals surface area (Å²) in [6, 6.07) is 27.5. The number of hydrogen-bond donors (Lipinski definition) is 0. The van der Waals surface area contributed by atoms with Crippen LogP contribution in [0.15, 0.2) is 84.9 Å². The molecule has 1 aliphatic carbocycles. The quantitative estimate of drug-likeness (QED) is 0.475. The lowest BCUT2D eigenvalue weighted by molar-refractivity contribution is 0.206. The van der Waals surface area contributed by atoms with Crippen molar-refractivity contribution in [3.8, 4) is 22.7 Å². The molecule has 30 heavy (non-hydrogen) atoms. The maximum Gasteiger partial charge on any atom is 0.420 e. The summed E-state index contributed by atoms with van der Waals surface area (Å²) in [4.78, 5) is 14.6. The molecule has 1 amide bonds. The van der Waals surface area contributed by atoms with Crippen molar-refractivity contribution in [1.29, 1.82) is 0 Å². The molecule has 3 aromatic carbocycles. The van der Waals surface area contributed by atoms with Gasteiger partial charge in [0.05, 0.1) is 16.9 Å². The first-order chi connectivity index (χ1) is 14.7. The van der Waals surface area contributed by atoms with Gasteiger partial charge in [0.15, 0.2) is 0 Å². The third kappa shape index (κ3) is 3.14. The van der Waals surface area contributed by atoms with Crippen molar-refractivity contribution in [2.24, 2.45) is 0 Å².